The van der Waals surface area contributed by atoms with Crippen molar-refractivity contribution in [1.29, 1.82) is 0 Å². The zero-order valence-electron chi connectivity index (χ0n) is 29.5. The fourth-order valence-electron chi connectivity index (χ4n) is 5.65. The van der Waals surface area contributed by atoms with Gasteiger partial charge < -0.3 is 44.0 Å². The van der Waals surface area contributed by atoms with Crippen LogP contribution in [0.4, 0.5) is 10.6 Å². The number of nitrogen functional groups attached to an aromatic ring is 1. The van der Waals surface area contributed by atoms with Crippen LogP contribution in [0.25, 0.3) is 11.1 Å². The van der Waals surface area contributed by atoms with Gasteiger partial charge in [0.25, 0.3) is 5.91 Å². The SMILES string of the molecule is C=C(C)OC(=O)N1CCN(C(=O)c2ccc(-c3cnc(N)c(OC(C)c4c(Cl)ccc(OCc5c(OC)cc(OC)cc5OC)c4Cl)c3)cc2)CC1. The van der Waals surface area contributed by atoms with Gasteiger partial charge in [0.1, 0.15) is 35.7 Å². The highest BCUT2D eigenvalue weighted by Crippen LogP contribution is 2.41. The molecule has 0 bridgehead atoms. The molecule has 0 spiro atoms. The van der Waals surface area contributed by atoms with Crippen LogP contribution >= 0.6 is 23.2 Å². The molecule has 5 rings (SSSR count). The Labute approximate surface area is 312 Å². The highest BCUT2D eigenvalue weighted by molar-refractivity contribution is 6.37. The molecule has 2 amide bonds. The molecule has 274 valence electrons. The van der Waals surface area contributed by atoms with Crippen LogP contribution in [0.15, 0.2) is 73.1 Å². The summed E-state index contributed by atoms with van der Waals surface area (Å²) in [4.78, 5) is 33.0. The number of carbonyl (C=O) groups is 2. The molecule has 1 unspecified atom stereocenters. The quantitative estimate of drug-likeness (QED) is 0.143. The predicted molar refractivity (Wildman–Crippen MR) is 199 cm³/mol. The van der Waals surface area contributed by atoms with E-state index in [9.17, 15) is 9.59 Å². The van der Waals surface area contributed by atoms with E-state index in [0.717, 1.165) is 11.1 Å². The summed E-state index contributed by atoms with van der Waals surface area (Å²) in [6, 6.07) is 15.8. The number of pyridine rings is 1. The molecule has 1 fully saturated rings. The summed E-state index contributed by atoms with van der Waals surface area (Å²) in [6.07, 6.45) is 0.510. The summed E-state index contributed by atoms with van der Waals surface area (Å²) in [6.45, 7) is 8.61. The number of aromatic nitrogens is 1. The van der Waals surface area contributed by atoms with Crippen LogP contribution in [0.2, 0.25) is 10.0 Å². The minimum absolute atomic E-state index is 0.0819. The van der Waals surface area contributed by atoms with Crippen molar-refractivity contribution in [2.24, 2.45) is 0 Å². The van der Waals surface area contributed by atoms with Crippen LogP contribution in [0.3, 0.4) is 0 Å². The highest BCUT2D eigenvalue weighted by Gasteiger charge is 2.26. The summed E-state index contributed by atoms with van der Waals surface area (Å²) in [7, 11) is 4.66. The van der Waals surface area contributed by atoms with Gasteiger partial charge in [0, 0.05) is 66.2 Å². The first-order chi connectivity index (χ1) is 24.9. The third-order valence-corrected chi connectivity index (χ3v) is 9.14. The van der Waals surface area contributed by atoms with Crippen LogP contribution in [0, 0.1) is 0 Å². The summed E-state index contributed by atoms with van der Waals surface area (Å²) in [5.74, 6) is 2.69. The van der Waals surface area contributed by atoms with Crippen LogP contribution < -0.4 is 29.4 Å². The third-order valence-electron chi connectivity index (χ3n) is 8.42. The van der Waals surface area contributed by atoms with Crippen molar-refractivity contribution in [2.45, 2.75) is 26.6 Å². The number of ether oxygens (including phenoxy) is 6. The monoisotopic (exact) mass is 750 g/mol. The largest absolute Gasteiger partial charge is 0.496 e. The standard InChI is InChI=1S/C38H40Cl2N4O8/c1-22(2)51-38(46)44-15-13-43(14-16-44)37(45)25-9-7-24(8-10-25)26-17-33(36(41)42-20-26)52-23(3)34-29(39)11-12-30(35(34)40)50-21-28-31(48-5)18-27(47-4)19-32(28)49-6/h7-12,17-20,23H,1,13-16,21H2,2-6H3,(H2,41,42). The maximum Gasteiger partial charge on any atom is 0.414 e. The summed E-state index contributed by atoms with van der Waals surface area (Å²) >= 11 is 13.5. The molecule has 4 aromatic rings. The Bertz CT molecular complexity index is 1920. The molecule has 52 heavy (non-hydrogen) atoms. The van der Waals surface area contributed by atoms with E-state index in [1.807, 2.05) is 12.1 Å². The molecule has 1 aliphatic rings. The molecule has 1 aliphatic heterocycles. The Morgan fingerprint density at radius 1 is 0.865 bits per heavy atom. The lowest BCUT2D eigenvalue weighted by atomic mass is 10.0. The minimum atomic E-state index is -0.656. The van der Waals surface area contributed by atoms with Gasteiger partial charge in [0.15, 0.2) is 11.6 Å². The lowest BCUT2D eigenvalue weighted by molar-refractivity contribution is 0.0607. The van der Waals surface area contributed by atoms with E-state index < -0.39 is 12.2 Å². The summed E-state index contributed by atoms with van der Waals surface area (Å²) in [5, 5.41) is 0.642. The minimum Gasteiger partial charge on any atom is -0.496 e. The van der Waals surface area contributed by atoms with Gasteiger partial charge in [-0.15, -0.1) is 0 Å². The topological polar surface area (TPSA) is 135 Å². The molecular formula is C38H40Cl2N4O8. The van der Waals surface area contributed by atoms with Crippen molar-refractivity contribution in [3.63, 3.8) is 0 Å². The van der Waals surface area contributed by atoms with E-state index in [0.29, 0.717) is 82.4 Å². The molecule has 2 N–H and O–H groups in total. The van der Waals surface area contributed by atoms with E-state index in [4.69, 9.17) is 57.4 Å². The van der Waals surface area contributed by atoms with Gasteiger partial charge in [-0.05, 0) is 49.7 Å². The average Bonchev–Trinajstić information content (AvgIpc) is 3.14. The Kier molecular flexibility index (Phi) is 12.2. The second kappa shape index (κ2) is 16.8. The van der Waals surface area contributed by atoms with Gasteiger partial charge in [0.2, 0.25) is 0 Å². The number of nitrogens with two attached hydrogens (primary N) is 1. The van der Waals surface area contributed by atoms with Crippen molar-refractivity contribution in [1.82, 2.24) is 14.8 Å². The Morgan fingerprint density at radius 3 is 2.10 bits per heavy atom. The molecule has 1 aromatic heterocycles. The van der Waals surface area contributed by atoms with Crippen LogP contribution in [0.1, 0.15) is 41.4 Å². The van der Waals surface area contributed by atoms with Crippen molar-refractivity contribution in [3.05, 3.63) is 99.9 Å². The van der Waals surface area contributed by atoms with Crippen molar-refractivity contribution in [3.8, 4) is 39.9 Å². The van der Waals surface area contributed by atoms with Crippen molar-refractivity contribution in [2.75, 3.05) is 53.2 Å². The third kappa shape index (κ3) is 8.58. The summed E-state index contributed by atoms with van der Waals surface area (Å²) < 4.78 is 33.9. The molecule has 1 atom stereocenters. The van der Waals surface area contributed by atoms with Crippen molar-refractivity contribution >= 4 is 41.0 Å². The zero-order chi connectivity index (χ0) is 37.5. The Hall–Kier alpha value is -5.33. The zero-order valence-corrected chi connectivity index (χ0v) is 31.0. The molecule has 0 radical (unpaired) electrons. The molecule has 2 heterocycles. The Balaban J connectivity index is 1.28. The number of methoxy groups -OCH3 is 3. The number of piperazine rings is 1. The second-order valence-electron chi connectivity index (χ2n) is 11.9. The molecule has 12 nitrogen and oxygen atoms in total. The maximum atomic E-state index is 13.2. The number of rotatable bonds is 12. The number of allylic oxidation sites excluding steroid dienone is 1. The molecule has 3 aromatic carbocycles. The number of anilines is 1. The molecule has 0 saturated carbocycles. The van der Waals surface area contributed by atoms with Gasteiger partial charge in [0.05, 0.1) is 37.7 Å². The first-order valence-electron chi connectivity index (χ1n) is 16.3. The number of hydrogen-bond donors (Lipinski definition) is 1. The number of amides is 2. The lowest BCUT2D eigenvalue weighted by Crippen LogP contribution is -2.50. The van der Waals surface area contributed by atoms with Gasteiger partial charge >= 0.3 is 6.09 Å². The fraction of sp³-hybridized carbons (Fsp3) is 0.289. The predicted octanol–water partition coefficient (Wildman–Crippen LogP) is 7.81. The van der Waals surface area contributed by atoms with Gasteiger partial charge in [-0.3, -0.25) is 4.79 Å². The normalized spacial score (nSPS) is 13.2. The van der Waals surface area contributed by atoms with Crippen LogP contribution in [-0.4, -0.2) is 74.3 Å². The van der Waals surface area contributed by atoms with E-state index in [-0.39, 0.29) is 23.4 Å². The summed E-state index contributed by atoms with van der Waals surface area (Å²) in [5.41, 5.74) is 9.43. The van der Waals surface area contributed by atoms with Crippen LogP contribution in [0.5, 0.6) is 28.7 Å². The number of nitrogens with zero attached hydrogens (tertiary/aromatic N) is 3. The van der Waals surface area contributed by atoms with Gasteiger partial charge in [-0.2, -0.15) is 0 Å². The molecular weight excluding hydrogens is 711 g/mol. The van der Waals surface area contributed by atoms with E-state index in [1.54, 1.807) is 93.6 Å². The molecule has 0 aliphatic carbocycles. The van der Waals surface area contributed by atoms with E-state index in [2.05, 4.69) is 11.6 Å². The second-order valence-corrected chi connectivity index (χ2v) is 12.7. The van der Waals surface area contributed by atoms with E-state index >= 15 is 0 Å². The first kappa shape index (κ1) is 37.9. The number of hydrogen-bond acceptors (Lipinski definition) is 10. The van der Waals surface area contributed by atoms with E-state index in [1.165, 1.54) is 0 Å². The maximum absolute atomic E-state index is 13.2. The van der Waals surface area contributed by atoms with Crippen LogP contribution in [-0.2, 0) is 11.3 Å². The lowest BCUT2D eigenvalue weighted by Gasteiger charge is -2.34. The fourth-order valence-corrected chi connectivity index (χ4v) is 6.39. The number of carbonyl (C=O) groups excluding carboxylic acids is 2. The molecule has 14 heteroatoms. The van der Waals surface area contributed by atoms with Gasteiger partial charge in [-0.25, -0.2) is 9.78 Å². The van der Waals surface area contributed by atoms with Crippen molar-refractivity contribution < 1.29 is 38.0 Å². The number of halogens is 2. The van der Waals surface area contributed by atoms with Gasteiger partial charge in [-0.1, -0.05) is 41.9 Å². The molecule has 1 saturated heterocycles. The first-order valence-corrected chi connectivity index (χ1v) is 17.0. The highest BCUT2D eigenvalue weighted by atomic mass is 35.5. The average molecular weight is 752 g/mol. The Morgan fingerprint density at radius 2 is 1.50 bits per heavy atom. The smallest absolute Gasteiger partial charge is 0.414 e. The number of benzene rings is 3.